The number of amides is 1. The second-order valence-electron chi connectivity index (χ2n) is 7.54. The Bertz CT molecular complexity index is 730. The Morgan fingerprint density at radius 2 is 1.86 bits per heavy atom. The van der Waals surface area contributed by atoms with Crippen LogP contribution < -0.4 is 20.7 Å². The Labute approximate surface area is 173 Å². The fourth-order valence-corrected chi connectivity index (χ4v) is 3.74. The van der Waals surface area contributed by atoms with Gasteiger partial charge in [-0.3, -0.25) is 9.78 Å². The van der Waals surface area contributed by atoms with Gasteiger partial charge in [0, 0.05) is 18.9 Å². The summed E-state index contributed by atoms with van der Waals surface area (Å²) in [6, 6.07) is 11.3. The van der Waals surface area contributed by atoms with Crippen molar-refractivity contribution in [3.63, 3.8) is 0 Å². The van der Waals surface area contributed by atoms with Crippen molar-refractivity contribution in [1.29, 1.82) is 0 Å². The van der Waals surface area contributed by atoms with Crippen molar-refractivity contribution in [2.24, 2.45) is 5.92 Å². The fourth-order valence-electron chi connectivity index (χ4n) is 3.74. The van der Waals surface area contributed by atoms with Crippen molar-refractivity contribution in [3.05, 3.63) is 59.9 Å². The van der Waals surface area contributed by atoms with Crippen LogP contribution in [-0.2, 0) is 11.2 Å². The van der Waals surface area contributed by atoms with Crippen molar-refractivity contribution in [2.75, 3.05) is 33.3 Å². The van der Waals surface area contributed by atoms with Gasteiger partial charge in [-0.05, 0) is 86.6 Å². The number of hydrogen-bond acceptors (Lipinski definition) is 5. The molecule has 1 saturated heterocycles. The molecule has 1 atom stereocenters. The molecule has 0 aliphatic carbocycles. The molecule has 0 bridgehead atoms. The van der Waals surface area contributed by atoms with Crippen molar-refractivity contribution < 1.29 is 9.53 Å². The van der Waals surface area contributed by atoms with Crippen molar-refractivity contribution in [2.45, 2.75) is 31.7 Å². The monoisotopic (exact) mass is 396 g/mol. The summed E-state index contributed by atoms with van der Waals surface area (Å²) in [5, 5.41) is 9.97. The van der Waals surface area contributed by atoms with E-state index in [2.05, 4.69) is 20.9 Å². The van der Waals surface area contributed by atoms with E-state index >= 15 is 0 Å². The third-order valence-electron chi connectivity index (χ3n) is 5.53. The summed E-state index contributed by atoms with van der Waals surface area (Å²) in [7, 11) is 1.65. The number of pyridine rings is 1. The highest BCUT2D eigenvalue weighted by Crippen LogP contribution is 2.20. The average molecular weight is 397 g/mol. The standard InChI is InChI=1S/C23H32N4O2/c1-29-21-4-2-20(3-5-21)22(26-16-10-18-6-12-24-13-7-18)23(28)27-17-11-19-8-14-25-15-9-19/h2-5,8-9,14-15,18,22,24,26H,6-7,10-13,16-17H2,1H3,(H,27,28)/t22-/m1/s1. The van der Waals surface area contributed by atoms with E-state index in [1.54, 1.807) is 19.5 Å². The molecule has 1 amide bonds. The Kier molecular flexibility index (Phi) is 8.46. The van der Waals surface area contributed by atoms with Gasteiger partial charge in [0.1, 0.15) is 11.8 Å². The lowest BCUT2D eigenvalue weighted by molar-refractivity contribution is -0.123. The predicted molar refractivity (Wildman–Crippen MR) is 115 cm³/mol. The molecule has 29 heavy (non-hydrogen) atoms. The molecule has 2 aromatic rings. The van der Waals surface area contributed by atoms with Crippen LogP contribution in [0.5, 0.6) is 5.75 Å². The first-order chi connectivity index (χ1) is 14.3. The van der Waals surface area contributed by atoms with Crippen molar-refractivity contribution >= 4 is 5.91 Å². The van der Waals surface area contributed by atoms with Gasteiger partial charge < -0.3 is 20.7 Å². The number of carbonyl (C=O) groups excluding carboxylic acids is 1. The predicted octanol–water partition coefficient (Wildman–Crippen LogP) is 2.47. The van der Waals surface area contributed by atoms with Crippen LogP contribution in [0, 0.1) is 5.92 Å². The third-order valence-corrected chi connectivity index (χ3v) is 5.53. The van der Waals surface area contributed by atoms with Crippen LogP contribution in [-0.4, -0.2) is 44.2 Å². The summed E-state index contributed by atoms with van der Waals surface area (Å²) in [5.74, 6) is 1.53. The van der Waals surface area contributed by atoms with E-state index in [0.29, 0.717) is 6.54 Å². The highest BCUT2D eigenvalue weighted by Gasteiger charge is 2.21. The molecule has 1 aromatic carbocycles. The van der Waals surface area contributed by atoms with Gasteiger partial charge in [0.15, 0.2) is 0 Å². The maximum absolute atomic E-state index is 12.9. The Morgan fingerprint density at radius 3 is 2.55 bits per heavy atom. The van der Waals surface area contributed by atoms with Gasteiger partial charge in [-0.1, -0.05) is 12.1 Å². The molecule has 0 saturated carbocycles. The highest BCUT2D eigenvalue weighted by atomic mass is 16.5. The van der Waals surface area contributed by atoms with E-state index < -0.39 is 0 Å². The molecule has 0 spiro atoms. The summed E-state index contributed by atoms with van der Waals surface area (Å²) in [6.07, 6.45) is 7.87. The second-order valence-corrected chi connectivity index (χ2v) is 7.54. The number of benzene rings is 1. The molecule has 6 heteroatoms. The second kappa shape index (κ2) is 11.5. The van der Waals surface area contributed by atoms with Crippen LogP contribution in [0.2, 0.25) is 0 Å². The lowest BCUT2D eigenvalue weighted by atomic mass is 9.94. The number of piperidine rings is 1. The summed E-state index contributed by atoms with van der Waals surface area (Å²) in [4.78, 5) is 17.0. The van der Waals surface area contributed by atoms with Gasteiger partial charge in [-0.25, -0.2) is 0 Å². The molecular formula is C23H32N4O2. The zero-order valence-corrected chi connectivity index (χ0v) is 17.2. The molecule has 1 aliphatic rings. The van der Waals surface area contributed by atoms with Gasteiger partial charge in [-0.2, -0.15) is 0 Å². The van der Waals surface area contributed by atoms with E-state index in [-0.39, 0.29) is 11.9 Å². The minimum Gasteiger partial charge on any atom is -0.497 e. The maximum atomic E-state index is 12.9. The Morgan fingerprint density at radius 1 is 1.14 bits per heavy atom. The molecule has 1 aromatic heterocycles. The molecule has 0 radical (unpaired) electrons. The molecule has 1 fully saturated rings. The third kappa shape index (κ3) is 6.84. The molecular weight excluding hydrogens is 364 g/mol. The quantitative estimate of drug-likeness (QED) is 0.575. The van der Waals surface area contributed by atoms with E-state index in [1.165, 1.54) is 18.4 Å². The highest BCUT2D eigenvalue weighted by molar-refractivity contribution is 5.83. The first kappa shape index (κ1) is 21.3. The van der Waals surface area contributed by atoms with Gasteiger partial charge in [0.05, 0.1) is 7.11 Å². The van der Waals surface area contributed by atoms with Crippen LogP contribution >= 0.6 is 0 Å². The van der Waals surface area contributed by atoms with Gasteiger partial charge in [0.25, 0.3) is 0 Å². The van der Waals surface area contributed by atoms with Gasteiger partial charge in [0.2, 0.25) is 5.91 Å². The Balaban J connectivity index is 1.56. The zero-order chi connectivity index (χ0) is 20.3. The molecule has 0 unspecified atom stereocenters. The largest absolute Gasteiger partial charge is 0.497 e. The average Bonchev–Trinajstić information content (AvgIpc) is 2.78. The van der Waals surface area contributed by atoms with Gasteiger partial charge >= 0.3 is 0 Å². The topological polar surface area (TPSA) is 75.3 Å². The maximum Gasteiger partial charge on any atom is 0.241 e. The number of nitrogens with one attached hydrogen (secondary N) is 3. The number of ether oxygens (including phenoxy) is 1. The summed E-state index contributed by atoms with van der Waals surface area (Å²) in [5.41, 5.74) is 2.12. The van der Waals surface area contributed by atoms with Crippen LogP contribution in [0.3, 0.4) is 0 Å². The normalized spacial score (nSPS) is 15.6. The number of nitrogens with zero attached hydrogens (tertiary/aromatic N) is 1. The molecule has 1 aliphatic heterocycles. The number of carbonyl (C=O) groups is 1. The van der Waals surface area contributed by atoms with Crippen LogP contribution in [0.1, 0.15) is 36.4 Å². The fraction of sp³-hybridized carbons (Fsp3) is 0.478. The van der Waals surface area contributed by atoms with Gasteiger partial charge in [-0.15, -0.1) is 0 Å². The SMILES string of the molecule is COc1ccc([C@@H](NCCC2CCNCC2)C(=O)NCCc2ccncc2)cc1. The van der Waals surface area contributed by atoms with E-state index in [1.807, 2.05) is 36.4 Å². The van der Waals surface area contributed by atoms with Crippen LogP contribution in [0.25, 0.3) is 0 Å². The first-order valence-electron chi connectivity index (χ1n) is 10.5. The Hall–Kier alpha value is -2.44. The summed E-state index contributed by atoms with van der Waals surface area (Å²) >= 11 is 0. The smallest absolute Gasteiger partial charge is 0.241 e. The lowest BCUT2D eigenvalue weighted by Crippen LogP contribution is -2.39. The number of hydrogen-bond donors (Lipinski definition) is 3. The van der Waals surface area contributed by atoms with Crippen LogP contribution in [0.4, 0.5) is 0 Å². The molecule has 6 nitrogen and oxygen atoms in total. The molecule has 3 N–H and O–H groups in total. The molecule has 156 valence electrons. The van der Waals surface area contributed by atoms with E-state index in [9.17, 15) is 4.79 Å². The minimum absolute atomic E-state index is 0.00883. The number of methoxy groups -OCH3 is 1. The lowest BCUT2D eigenvalue weighted by Gasteiger charge is -2.24. The van der Waals surface area contributed by atoms with E-state index in [0.717, 1.165) is 49.7 Å². The molecule has 3 rings (SSSR count). The van der Waals surface area contributed by atoms with E-state index in [4.69, 9.17) is 4.74 Å². The van der Waals surface area contributed by atoms with Crippen molar-refractivity contribution in [1.82, 2.24) is 20.9 Å². The number of aromatic nitrogens is 1. The first-order valence-corrected chi connectivity index (χ1v) is 10.5. The summed E-state index contributed by atoms with van der Waals surface area (Å²) in [6.45, 7) is 3.63. The molecule has 2 heterocycles. The van der Waals surface area contributed by atoms with Crippen LogP contribution in [0.15, 0.2) is 48.8 Å². The summed E-state index contributed by atoms with van der Waals surface area (Å²) < 4.78 is 5.25. The van der Waals surface area contributed by atoms with Crippen molar-refractivity contribution in [3.8, 4) is 5.75 Å². The minimum atomic E-state index is -0.361. The zero-order valence-electron chi connectivity index (χ0n) is 17.2. The number of rotatable bonds is 10.